The molecule has 2 N–H and O–H groups in total. The third-order valence-electron chi connectivity index (χ3n) is 6.18. The molecule has 2 aromatic carbocycles. The summed E-state index contributed by atoms with van der Waals surface area (Å²) in [7, 11) is 0. The van der Waals surface area contributed by atoms with Gasteiger partial charge in [0.2, 0.25) is 0 Å². The van der Waals surface area contributed by atoms with Gasteiger partial charge >= 0.3 is 12.1 Å². The number of carboxylic acids is 1. The highest BCUT2D eigenvalue weighted by Crippen LogP contribution is 2.44. The van der Waals surface area contributed by atoms with Crippen LogP contribution in [0, 0.1) is 0 Å². The van der Waals surface area contributed by atoms with Gasteiger partial charge in [-0.25, -0.2) is 9.59 Å². The quantitative estimate of drug-likeness (QED) is 0.710. The van der Waals surface area contributed by atoms with Crippen LogP contribution in [0.1, 0.15) is 30.4 Å². The van der Waals surface area contributed by atoms with Crippen molar-refractivity contribution in [3.05, 3.63) is 59.7 Å². The molecular weight excluding hydrogens is 396 g/mol. The highest BCUT2D eigenvalue weighted by molar-refractivity contribution is 5.81. The number of hydrogen-bond donors (Lipinski definition) is 2. The smallest absolute Gasteiger partial charge is 0.407 e. The number of morpholine rings is 1. The Bertz CT molecular complexity index is 896. The fourth-order valence-electron chi connectivity index (χ4n) is 4.51. The van der Waals surface area contributed by atoms with Crippen LogP contribution < -0.4 is 5.32 Å². The summed E-state index contributed by atoms with van der Waals surface area (Å²) >= 11 is 0. The highest BCUT2D eigenvalue weighted by atomic mass is 16.5. The van der Waals surface area contributed by atoms with E-state index in [1.165, 1.54) is 0 Å². The monoisotopic (exact) mass is 424 g/mol. The highest BCUT2D eigenvalue weighted by Gasteiger charge is 2.30. The molecule has 4 rings (SSSR count). The van der Waals surface area contributed by atoms with E-state index in [0.717, 1.165) is 35.3 Å². The number of fused-ring (bicyclic) bond motifs is 3. The third kappa shape index (κ3) is 4.73. The zero-order chi connectivity index (χ0) is 21.8. The van der Waals surface area contributed by atoms with Gasteiger partial charge in [-0.1, -0.05) is 48.5 Å². The Morgan fingerprint density at radius 3 is 2.26 bits per heavy atom. The maximum Gasteiger partial charge on any atom is 0.407 e. The van der Waals surface area contributed by atoms with Crippen molar-refractivity contribution < 1.29 is 24.2 Å². The van der Waals surface area contributed by atoms with E-state index in [-0.39, 0.29) is 18.6 Å². The molecule has 1 aliphatic carbocycles. The van der Waals surface area contributed by atoms with Crippen molar-refractivity contribution in [2.75, 3.05) is 32.9 Å². The lowest BCUT2D eigenvalue weighted by molar-refractivity contribution is -0.140. The summed E-state index contributed by atoms with van der Waals surface area (Å²) in [5, 5.41) is 12.1. The molecular formula is C24H28N2O5. The number of rotatable bonds is 7. The van der Waals surface area contributed by atoms with E-state index >= 15 is 0 Å². The second-order valence-corrected chi connectivity index (χ2v) is 8.09. The molecule has 0 aromatic heterocycles. The first kappa shape index (κ1) is 21.3. The van der Waals surface area contributed by atoms with Crippen LogP contribution >= 0.6 is 0 Å². The van der Waals surface area contributed by atoms with E-state index in [4.69, 9.17) is 9.47 Å². The molecule has 1 aliphatic heterocycles. The zero-order valence-electron chi connectivity index (χ0n) is 17.6. The number of carbonyl (C=O) groups excluding carboxylic acids is 1. The van der Waals surface area contributed by atoms with E-state index in [1.807, 2.05) is 43.3 Å². The second-order valence-electron chi connectivity index (χ2n) is 8.09. The van der Waals surface area contributed by atoms with Gasteiger partial charge in [0.25, 0.3) is 0 Å². The van der Waals surface area contributed by atoms with Crippen molar-refractivity contribution in [2.24, 2.45) is 0 Å². The molecule has 2 aromatic rings. The molecule has 0 radical (unpaired) electrons. The van der Waals surface area contributed by atoms with Crippen LogP contribution in [0.25, 0.3) is 11.1 Å². The molecule has 0 spiro atoms. The minimum Gasteiger partial charge on any atom is -0.480 e. The molecule has 7 heteroatoms. The average molecular weight is 424 g/mol. The number of alkyl carbamates (subject to hydrolysis) is 1. The van der Waals surface area contributed by atoms with Crippen LogP contribution in [-0.2, 0) is 14.3 Å². The first-order chi connectivity index (χ1) is 15.0. The second kappa shape index (κ2) is 9.49. The molecule has 2 unspecified atom stereocenters. The lowest BCUT2D eigenvalue weighted by atomic mass is 9.98. The van der Waals surface area contributed by atoms with Crippen LogP contribution in [0.2, 0.25) is 0 Å². The molecule has 0 saturated carbocycles. The van der Waals surface area contributed by atoms with Crippen molar-refractivity contribution in [3.63, 3.8) is 0 Å². The summed E-state index contributed by atoms with van der Waals surface area (Å²) < 4.78 is 10.9. The van der Waals surface area contributed by atoms with Gasteiger partial charge in [0, 0.05) is 25.0 Å². The first-order valence-corrected chi connectivity index (χ1v) is 10.7. The van der Waals surface area contributed by atoms with E-state index in [0.29, 0.717) is 19.6 Å². The number of carboxylic acid groups (broad SMARTS) is 1. The summed E-state index contributed by atoms with van der Waals surface area (Å²) in [6.07, 6.45) is -0.400. The van der Waals surface area contributed by atoms with E-state index in [1.54, 1.807) is 0 Å². The molecule has 1 fully saturated rings. The first-order valence-electron chi connectivity index (χ1n) is 10.7. The van der Waals surface area contributed by atoms with Gasteiger partial charge in [0.1, 0.15) is 12.6 Å². The van der Waals surface area contributed by atoms with Crippen LogP contribution in [0.4, 0.5) is 4.79 Å². The van der Waals surface area contributed by atoms with Crippen molar-refractivity contribution in [1.82, 2.24) is 10.2 Å². The summed E-state index contributed by atoms with van der Waals surface area (Å²) in [5.74, 6) is -1.12. The summed E-state index contributed by atoms with van der Waals surface area (Å²) in [5.41, 5.74) is 4.53. The van der Waals surface area contributed by atoms with Gasteiger partial charge in [-0.05, 0) is 35.6 Å². The van der Waals surface area contributed by atoms with Crippen LogP contribution in [-0.4, -0.2) is 67.1 Å². The molecule has 0 bridgehead atoms. The number of ether oxygens (including phenoxy) is 2. The fraction of sp³-hybridized carbons (Fsp3) is 0.417. The van der Waals surface area contributed by atoms with Gasteiger partial charge in [0.15, 0.2) is 0 Å². The van der Waals surface area contributed by atoms with Crippen molar-refractivity contribution in [3.8, 4) is 11.1 Å². The van der Waals surface area contributed by atoms with Gasteiger partial charge in [-0.2, -0.15) is 0 Å². The molecule has 164 valence electrons. The Kier molecular flexibility index (Phi) is 6.53. The van der Waals surface area contributed by atoms with Crippen LogP contribution in [0.3, 0.4) is 0 Å². The predicted molar refractivity (Wildman–Crippen MR) is 116 cm³/mol. The average Bonchev–Trinajstić information content (AvgIpc) is 3.11. The van der Waals surface area contributed by atoms with E-state index in [2.05, 4.69) is 22.3 Å². The van der Waals surface area contributed by atoms with Gasteiger partial charge in [-0.3, -0.25) is 4.90 Å². The maximum absolute atomic E-state index is 12.5. The minimum atomic E-state index is -1.06. The Labute approximate surface area is 182 Å². The maximum atomic E-state index is 12.5. The van der Waals surface area contributed by atoms with Crippen molar-refractivity contribution in [2.45, 2.75) is 31.3 Å². The number of carbonyl (C=O) groups is 2. The lowest BCUT2D eigenvalue weighted by Crippen LogP contribution is -2.48. The minimum absolute atomic E-state index is 0.0129. The molecule has 1 amide bonds. The normalized spacial score (nSPS) is 18.0. The molecule has 31 heavy (non-hydrogen) atoms. The SMILES string of the molecule is CC(CC(NC(=O)OCC1c2ccccc2-c2ccccc21)C(=O)O)N1CCOCC1. The number of benzene rings is 2. The molecule has 7 nitrogen and oxygen atoms in total. The van der Waals surface area contributed by atoms with Crippen molar-refractivity contribution in [1.29, 1.82) is 0 Å². The van der Waals surface area contributed by atoms with Crippen LogP contribution in [0.5, 0.6) is 0 Å². The molecule has 2 atom stereocenters. The molecule has 1 saturated heterocycles. The zero-order valence-corrected chi connectivity index (χ0v) is 17.6. The molecule has 1 heterocycles. The Morgan fingerprint density at radius 2 is 1.68 bits per heavy atom. The topological polar surface area (TPSA) is 88.1 Å². The standard InChI is InChI=1S/C24H28N2O5/c1-16(26-10-12-30-13-11-26)14-22(23(27)28)25-24(29)31-15-21-19-8-4-2-6-17(19)18-7-3-5-9-20(18)21/h2-9,16,21-22H,10-15H2,1H3,(H,25,29)(H,27,28). The summed E-state index contributed by atoms with van der Waals surface area (Å²) in [6.45, 7) is 4.94. The Hall–Kier alpha value is -2.90. The Balaban J connectivity index is 1.37. The van der Waals surface area contributed by atoms with Gasteiger partial charge in [-0.15, -0.1) is 0 Å². The fourth-order valence-corrected chi connectivity index (χ4v) is 4.51. The number of hydrogen-bond acceptors (Lipinski definition) is 5. The van der Waals surface area contributed by atoms with Gasteiger partial charge < -0.3 is 19.9 Å². The number of aliphatic carboxylic acids is 1. The van der Waals surface area contributed by atoms with Crippen molar-refractivity contribution >= 4 is 12.1 Å². The van der Waals surface area contributed by atoms with E-state index in [9.17, 15) is 14.7 Å². The summed E-state index contributed by atoms with van der Waals surface area (Å²) in [4.78, 5) is 26.4. The Morgan fingerprint density at radius 1 is 1.10 bits per heavy atom. The van der Waals surface area contributed by atoms with Crippen LogP contribution in [0.15, 0.2) is 48.5 Å². The third-order valence-corrected chi connectivity index (χ3v) is 6.18. The van der Waals surface area contributed by atoms with Gasteiger partial charge in [0.05, 0.1) is 13.2 Å². The number of nitrogens with one attached hydrogen (secondary N) is 1. The number of nitrogens with zero attached hydrogens (tertiary/aromatic N) is 1. The number of amides is 1. The molecule has 2 aliphatic rings. The predicted octanol–water partition coefficient (Wildman–Crippen LogP) is 3.09. The lowest BCUT2D eigenvalue weighted by Gasteiger charge is -2.33. The summed E-state index contributed by atoms with van der Waals surface area (Å²) in [6, 6.07) is 15.2. The largest absolute Gasteiger partial charge is 0.480 e. The van der Waals surface area contributed by atoms with E-state index < -0.39 is 18.1 Å².